The summed E-state index contributed by atoms with van der Waals surface area (Å²) in [5.41, 5.74) is 13.2. The van der Waals surface area contributed by atoms with E-state index in [9.17, 15) is 33.6 Å². The number of hydrogen-bond acceptors (Lipinski definition) is 8. The summed E-state index contributed by atoms with van der Waals surface area (Å²) in [4.78, 5) is 107. The number of nitrogens with two attached hydrogens (primary N) is 2. The molecule has 11 N–H and O–H groups in total. The second-order valence-corrected chi connectivity index (χ2v) is 17.2. The number of carbonyl (C=O) groups is 7. The van der Waals surface area contributed by atoms with E-state index in [0.717, 1.165) is 48.6 Å². The highest BCUT2D eigenvalue weighted by Gasteiger charge is 2.40. The highest BCUT2D eigenvalue weighted by Crippen LogP contribution is 2.29. The molecule has 6 rings (SSSR count). The third-order valence-corrected chi connectivity index (χ3v) is 12.4. The molecule has 0 radical (unpaired) electrons. The summed E-state index contributed by atoms with van der Waals surface area (Å²) in [6.07, 6.45) is 8.67. The number of aromatic nitrogens is 1. The smallest absolute Gasteiger partial charge is 0.247 e. The fraction of sp³-hybridized carbons (Fsp3) is 0.522. The van der Waals surface area contributed by atoms with Gasteiger partial charge in [0.25, 0.3) is 0 Å². The molecular formula is C46H63N11O7. The summed E-state index contributed by atoms with van der Waals surface area (Å²) in [6.45, 7) is 1.80. The van der Waals surface area contributed by atoms with Crippen LogP contribution >= 0.6 is 0 Å². The van der Waals surface area contributed by atoms with Crippen LogP contribution in [-0.2, 0) is 40.0 Å². The molecule has 18 heteroatoms. The van der Waals surface area contributed by atoms with Gasteiger partial charge in [0.05, 0.1) is 0 Å². The van der Waals surface area contributed by atoms with Crippen molar-refractivity contribution in [3.63, 3.8) is 0 Å². The monoisotopic (exact) mass is 881 g/mol. The van der Waals surface area contributed by atoms with Crippen LogP contribution < -0.4 is 43.4 Å². The number of para-hydroxylation sites is 1. The van der Waals surface area contributed by atoms with Gasteiger partial charge < -0.3 is 53.3 Å². The van der Waals surface area contributed by atoms with Gasteiger partial charge in [-0.15, -0.1) is 0 Å². The number of nitrogens with zero attached hydrogens (tertiary/aromatic N) is 2. The van der Waals surface area contributed by atoms with Gasteiger partial charge in [-0.05, 0) is 68.1 Å². The second kappa shape index (κ2) is 22.8. The number of hydrogen-bond donors (Lipinski definition) is 9. The number of benzene rings is 2. The molecule has 2 aromatic carbocycles. The molecular weight excluding hydrogens is 819 g/mol. The Bertz CT molecular complexity index is 2150. The Kier molecular flexibility index (Phi) is 16.7. The maximum absolute atomic E-state index is 14.6. The summed E-state index contributed by atoms with van der Waals surface area (Å²) in [5.74, 6) is -3.69. The van der Waals surface area contributed by atoms with Gasteiger partial charge in [-0.25, -0.2) is 0 Å². The zero-order valence-corrected chi connectivity index (χ0v) is 36.5. The average Bonchev–Trinajstić information content (AvgIpc) is 3.95. The maximum atomic E-state index is 14.6. The Balaban J connectivity index is 1.32. The van der Waals surface area contributed by atoms with Gasteiger partial charge in [0.2, 0.25) is 41.4 Å². The molecule has 64 heavy (non-hydrogen) atoms. The first kappa shape index (κ1) is 47.0. The van der Waals surface area contributed by atoms with Crippen LogP contribution in [0.3, 0.4) is 0 Å². The van der Waals surface area contributed by atoms with E-state index >= 15 is 0 Å². The zero-order valence-electron chi connectivity index (χ0n) is 36.5. The number of aromatic amines is 1. The number of aliphatic imine (C=N–C) groups is 1. The van der Waals surface area contributed by atoms with Crippen LogP contribution in [0.15, 0.2) is 65.8 Å². The number of H-pyrrole nitrogens is 1. The SMILES string of the molecule is CC(=O)N[C@H](C(=O)N[C@H]1CCCNC(=O)[C@H](CCCN=C(N)N)NC(=O)[C@H](Cc2c[nH]c3ccccc23)NC(=O)[C@@H](CC2CCCCC2)NC(=O)[C@@H]2CCCN2C1=O)c1ccccc1. The molecule has 3 aliphatic rings. The molecule has 0 bridgehead atoms. The third kappa shape index (κ3) is 12.8. The standard InChI is InChI=1S/C46H63N11O7/c1-28(58)52-39(30-15-6-3-7-16-30)44(63)54-35-20-11-22-49-40(59)34(19-10-23-50-46(47)48)53-42(61)37(26-31-27-51-33-18-9-8-17-32(31)33)55-41(60)36(25-29-13-4-2-5-14-29)56-43(62)38-21-12-24-57(38)45(35)64/h3,6-9,15-18,27,29,34-39,51H,2,4-5,10-14,19-26H2,1H3,(H,49,59)(H,52,58)(H,53,61)(H,54,63)(H,55,60)(H,56,62)(H4,47,48,50)/t34-,35-,36+,37-,38-,39-/m0/s1. The summed E-state index contributed by atoms with van der Waals surface area (Å²) >= 11 is 0. The molecule has 18 nitrogen and oxygen atoms in total. The molecule has 1 aromatic heterocycles. The van der Waals surface area contributed by atoms with Gasteiger partial charge >= 0.3 is 0 Å². The van der Waals surface area contributed by atoms with Crippen LogP contribution in [0.5, 0.6) is 0 Å². The van der Waals surface area contributed by atoms with Gasteiger partial charge in [-0.2, -0.15) is 0 Å². The fourth-order valence-electron chi connectivity index (χ4n) is 9.11. The lowest BCUT2D eigenvalue weighted by Gasteiger charge is -2.32. The highest BCUT2D eigenvalue weighted by atomic mass is 16.2. The molecule has 344 valence electrons. The second-order valence-electron chi connectivity index (χ2n) is 17.2. The van der Waals surface area contributed by atoms with Gasteiger partial charge in [0, 0.05) is 50.1 Å². The molecule has 3 fully saturated rings. The molecule has 0 unspecified atom stereocenters. The number of carbonyl (C=O) groups excluding carboxylic acids is 7. The average molecular weight is 882 g/mol. The molecule has 2 aliphatic heterocycles. The Morgan fingerprint density at radius 2 is 1.50 bits per heavy atom. The van der Waals surface area contributed by atoms with Crippen LogP contribution in [0.2, 0.25) is 0 Å². The first-order valence-electron chi connectivity index (χ1n) is 22.6. The lowest BCUT2D eigenvalue weighted by atomic mass is 9.84. The van der Waals surface area contributed by atoms with E-state index in [2.05, 4.69) is 41.9 Å². The van der Waals surface area contributed by atoms with Crippen molar-refractivity contribution < 1.29 is 33.6 Å². The van der Waals surface area contributed by atoms with Gasteiger partial charge in [0.15, 0.2) is 5.96 Å². The lowest BCUT2D eigenvalue weighted by molar-refractivity contribution is -0.143. The van der Waals surface area contributed by atoms with Crippen LogP contribution in [0.25, 0.3) is 10.9 Å². The predicted octanol–water partition coefficient (Wildman–Crippen LogP) is 1.45. The number of amides is 7. The molecule has 3 heterocycles. The van der Waals surface area contributed by atoms with E-state index in [1.165, 1.54) is 11.8 Å². The minimum atomic E-state index is -1.14. The summed E-state index contributed by atoms with van der Waals surface area (Å²) in [5, 5.41) is 18.1. The van der Waals surface area contributed by atoms with Crippen molar-refractivity contribution in [2.45, 2.75) is 127 Å². The van der Waals surface area contributed by atoms with Crippen molar-refractivity contribution in [3.05, 3.63) is 71.9 Å². The lowest BCUT2D eigenvalue weighted by Crippen LogP contribution is -2.60. The normalized spacial score (nSPS) is 23.6. The molecule has 3 aromatic rings. The molecule has 6 atom stereocenters. The minimum absolute atomic E-state index is 0.0643. The number of rotatable bonds is 12. The molecule has 1 aliphatic carbocycles. The van der Waals surface area contributed by atoms with E-state index in [1.807, 2.05) is 24.3 Å². The minimum Gasteiger partial charge on any atom is -0.370 e. The van der Waals surface area contributed by atoms with Gasteiger partial charge in [-0.3, -0.25) is 38.6 Å². The number of guanidine groups is 1. The van der Waals surface area contributed by atoms with Crippen LogP contribution in [0.4, 0.5) is 0 Å². The summed E-state index contributed by atoms with van der Waals surface area (Å²) < 4.78 is 0. The van der Waals surface area contributed by atoms with E-state index < -0.39 is 77.6 Å². The third-order valence-electron chi connectivity index (χ3n) is 12.4. The Morgan fingerprint density at radius 1 is 0.797 bits per heavy atom. The van der Waals surface area contributed by atoms with Crippen LogP contribution in [-0.4, -0.2) is 107 Å². The zero-order chi connectivity index (χ0) is 45.6. The van der Waals surface area contributed by atoms with E-state index in [0.29, 0.717) is 31.2 Å². The first-order valence-corrected chi connectivity index (χ1v) is 22.6. The van der Waals surface area contributed by atoms with Gasteiger partial charge in [-0.1, -0.05) is 80.6 Å². The molecule has 2 saturated heterocycles. The maximum Gasteiger partial charge on any atom is 0.247 e. The Labute approximate surface area is 373 Å². The summed E-state index contributed by atoms with van der Waals surface area (Å²) in [6, 6.07) is 9.81. The topological polar surface area (TPSA) is 275 Å². The Hall–Kier alpha value is -6.46. The molecule has 7 amide bonds. The van der Waals surface area contributed by atoms with E-state index in [4.69, 9.17) is 11.5 Å². The van der Waals surface area contributed by atoms with Gasteiger partial charge in [0.1, 0.15) is 36.3 Å². The fourth-order valence-corrected chi connectivity index (χ4v) is 9.11. The van der Waals surface area contributed by atoms with Crippen molar-refractivity contribution in [1.82, 2.24) is 41.8 Å². The largest absolute Gasteiger partial charge is 0.370 e. The quantitative estimate of drug-likeness (QED) is 0.0723. The Morgan fingerprint density at radius 3 is 2.25 bits per heavy atom. The number of nitrogens with one attached hydrogen (secondary N) is 7. The van der Waals surface area contributed by atoms with E-state index in [1.54, 1.807) is 36.5 Å². The van der Waals surface area contributed by atoms with Crippen LogP contribution in [0.1, 0.15) is 101 Å². The first-order chi connectivity index (χ1) is 30.9. The molecule has 0 spiro atoms. The van der Waals surface area contributed by atoms with Crippen molar-refractivity contribution in [2.24, 2.45) is 22.4 Å². The highest BCUT2D eigenvalue weighted by molar-refractivity contribution is 5.98. The summed E-state index contributed by atoms with van der Waals surface area (Å²) in [7, 11) is 0. The van der Waals surface area contributed by atoms with Crippen molar-refractivity contribution in [2.75, 3.05) is 19.6 Å². The predicted molar refractivity (Wildman–Crippen MR) is 241 cm³/mol. The van der Waals surface area contributed by atoms with E-state index in [-0.39, 0.29) is 57.2 Å². The van der Waals surface area contributed by atoms with Crippen molar-refractivity contribution >= 4 is 58.2 Å². The molecule has 1 saturated carbocycles. The number of fused-ring (bicyclic) bond motifs is 2. The van der Waals surface area contributed by atoms with Crippen LogP contribution in [0, 0.1) is 5.92 Å². The van der Waals surface area contributed by atoms with Crippen molar-refractivity contribution in [3.8, 4) is 0 Å². The van der Waals surface area contributed by atoms with Crippen molar-refractivity contribution in [1.29, 1.82) is 0 Å².